The molecule has 2 aromatic rings. The minimum atomic E-state index is -3.63. The van der Waals surface area contributed by atoms with Crippen LogP contribution in [0.2, 0.25) is 0 Å². The Morgan fingerprint density at radius 3 is 2.40 bits per heavy atom. The molecule has 1 saturated heterocycles. The van der Waals surface area contributed by atoms with Gasteiger partial charge >= 0.3 is 5.97 Å². The molecule has 1 fully saturated rings. The lowest BCUT2D eigenvalue weighted by Crippen LogP contribution is -2.40. The highest BCUT2D eigenvalue weighted by molar-refractivity contribution is 7.89. The van der Waals surface area contributed by atoms with Gasteiger partial charge in [-0.25, -0.2) is 13.2 Å². The number of carbonyl (C=O) groups excluding carboxylic acids is 2. The Bertz CT molecular complexity index is 1090. The van der Waals surface area contributed by atoms with Gasteiger partial charge in [0.1, 0.15) is 6.54 Å². The van der Waals surface area contributed by atoms with Gasteiger partial charge in [0.15, 0.2) is 0 Å². The van der Waals surface area contributed by atoms with E-state index in [0.717, 1.165) is 4.57 Å². The molecule has 1 N–H and O–H groups in total. The van der Waals surface area contributed by atoms with E-state index in [2.05, 4.69) is 10.1 Å². The normalized spacial score (nSPS) is 14.8. The van der Waals surface area contributed by atoms with Crippen LogP contribution in [0, 0.1) is 0 Å². The van der Waals surface area contributed by atoms with Gasteiger partial charge in [0.25, 0.3) is 5.56 Å². The van der Waals surface area contributed by atoms with E-state index in [4.69, 9.17) is 4.74 Å². The summed E-state index contributed by atoms with van der Waals surface area (Å²) < 4.78 is 37.4. The smallest absolute Gasteiger partial charge is 0.339 e. The Balaban J connectivity index is 1.68. The van der Waals surface area contributed by atoms with Crippen LogP contribution >= 0.6 is 0 Å². The van der Waals surface area contributed by atoms with E-state index in [9.17, 15) is 22.8 Å². The Kier molecular flexibility index (Phi) is 6.65. The standard InChI is InChI=1S/C19H21N3O7S/c1-28-19(25)14-2-7-18(24)21(12-14)13-17(23)20-15-3-5-16(6-4-15)30(26,27)22-8-10-29-11-9-22/h2-7,12H,8-11,13H2,1H3,(H,20,23). The number of hydrogen-bond donors (Lipinski definition) is 1. The first-order valence-corrected chi connectivity index (χ1v) is 10.5. The molecule has 1 aromatic carbocycles. The molecular formula is C19H21N3O7S. The minimum absolute atomic E-state index is 0.115. The molecule has 0 saturated carbocycles. The number of aromatic nitrogens is 1. The average Bonchev–Trinajstić information content (AvgIpc) is 2.75. The minimum Gasteiger partial charge on any atom is -0.465 e. The van der Waals surface area contributed by atoms with Gasteiger partial charge in [-0.1, -0.05) is 0 Å². The van der Waals surface area contributed by atoms with Crippen LogP contribution in [0.3, 0.4) is 0 Å². The molecule has 1 aliphatic heterocycles. The summed E-state index contributed by atoms with van der Waals surface area (Å²) in [6.07, 6.45) is 1.24. The Morgan fingerprint density at radius 2 is 1.77 bits per heavy atom. The molecule has 10 nitrogen and oxygen atoms in total. The summed E-state index contributed by atoms with van der Waals surface area (Å²) in [6.45, 7) is 0.964. The second-order valence-electron chi connectivity index (χ2n) is 6.46. The highest BCUT2D eigenvalue weighted by atomic mass is 32.2. The summed E-state index contributed by atoms with van der Waals surface area (Å²) in [5.74, 6) is -1.14. The molecular weight excluding hydrogens is 414 g/mol. The van der Waals surface area contributed by atoms with Crippen molar-refractivity contribution in [1.82, 2.24) is 8.87 Å². The molecule has 0 bridgehead atoms. The van der Waals surface area contributed by atoms with Crippen LogP contribution in [-0.4, -0.2) is 62.6 Å². The fourth-order valence-electron chi connectivity index (χ4n) is 2.90. The van der Waals surface area contributed by atoms with Crippen LogP contribution in [0.15, 0.2) is 52.3 Å². The predicted molar refractivity (Wildman–Crippen MR) is 107 cm³/mol. The first kappa shape index (κ1) is 21.7. The molecule has 0 aliphatic carbocycles. The number of sulfonamides is 1. The van der Waals surface area contributed by atoms with Crippen LogP contribution in [0.25, 0.3) is 0 Å². The third-order valence-electron chi connectivity index (χ3n) is 4.46. The van der Waals surface area contributed by atoms with E-state index in [1.807, 2.05) is 0 Å². The number of benzene rings is 1. The Labute approximate surface area is 173 Å². The van der Waals surface area contributed by atoms with E-state index < -0.39 is 27.5 Å². The number of carbonyl (C=O) groups is 2. The highest BCUT2D eigenvalue weighted by Gasteiger charge is 2.26. The highest BCUT2D eigenvalue weighted by Crippen LogP contribution is 2.19. The van der Waals surface area contributed by atoms with Crippen LogP contribution in [0.4, 0.5) is 5.69 Å². The quantitative estimate of drug-likeness (QED) is 0.647. The van der Waals surface area contributed by atoms with Crippen molar-refractivity contribution >= 4 is 27.6 Å². The van der Waals surface area contributed by atoms with Crippen LogP contribution in [-0.2, 0) is 30.8 Å². The number of rotatable bonds is 6. The number of pyridine rings is 1. The third-order valence-corrected chi connectivity index (χ3v) is 6.38. The molecule has 30 heavy (non-hydrogen) atoms. The van der Waals surface area contributed by atoms with Gasteiger partial charge in [-0.05, 0) is 30.3 Å². The predicted octanol–water partition coefficient (Wildman–Crippen LogP) is 0.295. The van der Waals surface area contributed by atoms with Crippen LogP contribution in [0.1, 0.15) is 10.4 Å². The van der Waals surface area contributed by atoms with Gasteiger partial charge < -0.3 is 19.4 Å². The zero-order chi connectivity index (χ0) is 21.7. The Morgan fingerprint density at radius 1 is 1.10 bits per heavy atom. The molecule has 1 aliphatic rings. The maximum atomic E-state index is 12.6. The summed E-state index contributed by atoms with van der Waals surface area (Å²) in [5, 5.41) is 2.60. The van der Waals surface area contributed by atoms with Gasteiger partial charge in [0.05, 0.1) is 30.8 Å². The first-order chi connectivity index (χ1) is 14.3. The number of hydrogen-bond acceptors (Lipinski definition) is 7. The summed E-state index contributed by atoms with van der Waals surface area (Å²) in [6, 6.07) is 8.24. The molecule has 1 amide bonds. The molecule has 0 spiro atoms. The van der Waals surface area contributed by atoms with Gasteiger partial charge in [-0.15, -0.1) is 0 Å². The van der Waals surface area contributed by atoms with Gasteiger partial charge in [0.2, 0.25) is 15.9 Å². The number of amides is 1. The van der Waals surface area contributed by atoms with Gasteiger partial charge in [-0.3, -0.25) is 9.59 Å². The second kappa shape index (κ2) is 9.20. The number of ether oxygens (including phenoxy) is 2. The molecule has 11 heteroatoms. The van der Waals surface area contributed by atoms with Crippen molar-refractivity contribution in [3.8, 4) is 0 Å². The fraction of sp³-hybridized carbons (Fsp3) is 0.316. The molecule has 0 radical (unpaired) electrons. The van der Waals surface area contributed by atoms with Crippen molar-refractivity contribution < 1.29 is 27.5 Å². The van der Waals surface area contributed by atoms with Crippen molar-refractivity contribution in [1.29, 1.82) is 0 Å². The summed E-state index contributed by atoms with van der Waals surface area (Å²) in [4.78, 5) is 35.9. The number of nitrogens with one attached hydrogen (secondary N) is 1. The van der Waals surface area contributed by atoms with Crippen LogP contribution in [0.5, 0.6) is 0 Å². The largest absolute Gasteiger partial charge is 0.465 e. The van der Waals surface area contributed by atoms with E-state index in [1.54, 1.807) is 0 Å². The maximum Gasteiger partial charge on any atom is 0.339 e. The van der Waals surface area contributed by atoms with E-state index >= 15 is 0 Å². The lowest BCUT2D eigenvalue weighted by atomic mass is 10.3. The average molecular weight is 435 g/mol. The van der Waals surface area contributed by atoms with Crippen LogP contribution < -0.4 is 10.9 Å². The lowest BCUT2D eigenvalue weighted by molar-refractivity contribution is -0.116. The van der Waals surface area contributed by atoms with E-state index in [-0.39, 0.29) is 17.0 Å². The molecule has 160 valence electrons. The van der Waals surface area contributed by atoms with Crippen molar-refractivity contribution in [3.05, 3.63) is 58.5 Å². The topological polar surface area (TPSA) is 124 Å². The summed E-state index contributed by atoms with van der Waals surface area (Å²) in [5.41, 5.74) is 0.0606. The van der Waals surface area contributed by atoms with E-state index in [1.165, 1.54) is 54.0 Å². The first-order valence-electron chi connectivity index (χ1n) is 9.08. The van der Waals surface area contributed by atoms with Crippen molar-refractivity contribution in [2.45, 2.75) is 11.4 Å². The summed E-state index contributed by atoms with van der Waals surface area (Å²) in [7, 11) is -2.41. The van der Waals surface area contributed by atoms with Gasteiger partial charge in [-0.2, -0.15) is 4.31 Å². The van der Waals surface area contributed by atoms with Crippen molar-refractivity contribution in [3.63, 3.8) is 0 Å². The molecule has 0 atom stereocenters. The second-order valence-corrected chi connectivity index (χ2v) is 8.40. The number of esters is 1. The molecule has 3 rings (SSSR count). The lowest BCUT2D eigenvalue weighted by Gasteiger charge is -2.26. The Hall–Kier alpha value is -3.02. The number of anilines is 1. The van der Waals surface area contributed by atoms with E-state index in [0.29, 0.717) is 32.0 Å². The van der Waals surface area contributed by atoms with Crippen molar-refractivity contribution in [2.75, 3.05) is 38.7 Å². The third kappa shape index (κ3) is 4.93. The van der Waals surface area contributed by atoms with Gasteiger partial charge in [0, 0.05) is 31.0 Å². The number of nitrogens with zero attached hydrogens (tertiary/aromatic N) is 2. The molecule has 1 aromatic heterocycles. The van der Waals surface area contributed by atoms with Crippen molar-refractivity contribution in [2.24, 2.45) is 0 Å². The zero-order valence-corrected chi connectivity index (χ0v) is 17.1. The zero-order valence-electron chi connectivity index (χ0n) is 16.2. The fourth-order valence-corrected chi connectivity index (χ4v) is 4.30. The summed E-state index contributed by atoms with van der Waals surface area (Å²) >= 11 is 0. The number of morpholine rings is 1. The molecule has 2 heterocycles. The monoisotopic (exact) mass is 435 g/mol. The number of methoxy groups -OCH3 is 1. The maximum absolute atomic E-state index is 12.6. The molecule has 0 unspecified atom stereocenters. The SMILES string of the molecule is COC(=O)c1ccc(=O)n(CC(=O)Nc2ccc(S(=O)(=O)N3CCOCC3)cc2)c1.